The molecule has 0 aliphatic rings. The second-order valence-corrected chi connectivity index (χ2v) is 8.40. The van der Waals surface area contributed by atoms with E-state index in [9.17, 15) is 4.79 Å². The number of rotatable bonds is 7. The highest BCUT2D eigenvalue weighted by Gasteiger charge is 2.17. The lowest BCUT2D eigenvalue weighted by molar-refractivity contribution is -0.113. The monoisotopic (exact) mass is 452 g/mol. The predicted octanol–water partition coefficient (Wildman–Crippen LogP) is 4.42. The van der Waals surface area contributed by atoms with Crippen LogP contribution in [0.15, 0.2) is 65.8 Å². The highest BCUT2D eigenvalue weighted by molar-refractivity contribution is 7.99. The van der Waals surface area contributed by atoms with Gasteiger partial charge in [-0.2, -0.15) is 5.10 Å². The van der Waals surface area contributed by atoms with Crippen LogP contribution in [0.25, 0.3) is 11.4 Å². The number of hydrogen-bond donors (Lipinski definition) is 1. The van der Waals surface area contributed by atoms with Crippen LogP contribution in [-0.2, 0) is 18.4 Å². The van der Waals surface area contributed by atoms with Gasteiger partial charge in [-0.25, -0.2) is 0 Å². The molecule has 0 aliphatic heterocycles. The number of benzene rings is 2. The van der Waals surface area contributed by atoms with E-state index in [1.807, 2.05) is 60.0 Å². The van der Waals surface area contributed by atoms with E-state index >= 15 is 0 Å². The second-order valence-electron chi connectivity index (χ2n) is 7.02. The number of aromatic nitrogens is 5. The Hall–Kier alpha value is -3.10. The molecule has 0 fully saturated rings. The summed E-state index contributed by atoms with van der Waals surface area (Å²) < 4.78 is 3.67. The Labute approximate surface area is 189 Å². The number of amides is 1. The third-order valence-electron chi connectivity index (χ3n) is 4.60. The first kappa shape index (κ1) is 21.1. The number of nitrogens with zero attached hydrogens (tertiary/aromatic N) is 5. The van der Waals surface area contributed by atoms with Gasteiger partial charge in [0, 0.05) is 23.7 Å². The molecule has 4 aromatic rings. The number of halogens is 1. The number of hydrogen-bond acceptors (Lipinski definition) is 5. The zero-order chi connectivity index (χ0) is 21.8. The molecule has 0 bridgehead atoms. The van der Waals surface area contributed by atoms with Crippen LogP contribution >= 0.6 is 23.4 Å². The minimum atomic E-state index is -0.129. The summed E-state index contributed by atoms with van der Waals surface area (Å²) in [4.78, 5) is 12.5. The van der Waals surface area contributed by atoms with Crippen LogP contribution in [0.3, 0.4) is 0 Å². The normalized spacial score (nSPS) is 10.9. The molecule has 0 saturated heterocycles. The van der Waals surface area contributed by atoms with Gasteiger partial charge in [0.15, 0.2) is 11.0 Å². The van der Waals surface area contributed by atoms with Gasteiger partial charge in [0.25, 0.3) is 0 Å². The van der Waals surface area contributed by atoms with Crippen LogP contribution in [0.4, 0.5) is 5.82 Å². The third kappa shape index (κ3) is 5.15. The summed E-state index contributed by atoms with van der Waals surface area (Å²) >= 11 is 7.39. The lowest BCUT2D eigenvalue weighted by atomic mass is 10.2. The molecule has 2 aromatic heterocycles. The molecule has 0 unspecified atom stereocenters. The fourth-order valence-corrected chi connectivity index (χ4v) is 4.02. The molecule has 2 aromatic carbocycles. The van der Waals surface area contributed by atoms with Crippen LogP contribution in [0.1, 0.15) is 11.3 Å². The molecule has 0 saturated carbocycles. The number of aryl methyl sites for hydroxylation is 2. The molecule has 0 spiro atoms. The van der Waals surface area contributed by atoms with Crippen molar-refractivity contribution in [1.29, 1.82) is 0 Å². The number of carbonyl (C=O) groups excluding carboxylic acids is 1. The third-order valence-corrected chi connectivity index (χ3v) is 5.82. The van der Waals surface area contributed by atoms with Crippen LogP contribution in [0, 0.1) is 6.92 Å². The molecule has 1 amide bonds. The molecular formula is C22H21ClN6OS. The highest BCUT2D eigenvalue weighted by Crippen LogP contribution is 2.26. The molecule has 0 atom stereocenters. The van der Waals surface area contributed by atoms with E-state index in [1.54, 1.807) is 11.7 Å². The number of anilines is 1. The largest absolute Gasteiger partial charge is 0.310 e. The Balaban J connectivity index is 1.55. The van der Waals surface area contributed by atoms with Crippen molar-refractivity contribution in [3.05, 3.63) is 76.9 Å². The zero-order valence-corrected chi connectivity index (χ0v) is 18.7. The molecule has 1 N–H and O–H groups in total. The van der Waals surface area contributed by atoms with Crippen LogP contribution in [0.5, 0.6) is 0 Å². The van der Waals surface area contributed by atoms with E-state index in [1.165, 1.54) is 11.8 Å². The van der Waals surface area contributed by atoms with Gasteiger partial charge in [-0.05, 0) is 36.8 Å². The summed E-state index contributed by atoms with van der Waals surface area (Å²) in [6.07, 6.45) is 0. The topological polar surface area (TPSA) is 77.6 Å². The fourth-order valence-electron chi connectivity index (χ4n) is 3.15. The predicted molar refractivity (Wildman–Crippen MR) is 123 cm³/mol. The van der Waals surface area contributed by atoms with Gasteiger partial charge in [0.05, 0.1) is 18.0 Å². The van der Waals surface area contributed by atoms with E-state index in [4.69, 9.17) is 11.6 Å². The number of thioether (sulfide) groups is 1. The highest BCUT2D eigenvalue weighted by atomic mass is 35.5. The maximum atomic E-state index is 12.5. The molecule has 0 radical (unpaired) electrons. The molecule has 9 heteroatoms. The molecule has 2 heterocycles. The first-order valence-corrected chi connectivity index (χ1v) is 11.0. The Morgan fingerprint density at radius 2 is 1.84 bits per heavy atom. The summed E-state index contributed by atoms with van der Waals surface area (Å²) in [5.41, 5.74) is 2.88. The van der Waals surface area contributed by atoms with E-state index in [2.05, 4.69) is 32.7 Å². The van der Waals surface area contributed by atoms with Crippen molar-refractivity contribution in [2.45, 2.75) is 18.6 Å². The average Bonchev–Trinajstić information content (AvgIpc) is 3.29. The SMILES string of the molecule is Cc1cc(NC(=O)CSc2nnc(-c3ccc(Cl)cc3)n2Cc2ccccc2)n(C)n1. The van der Waals surface area contributed by atoms with Crippen molar-refractivity contribution in [1.82, 2.24) is 24.5 Å². The lowest BCUT2D eigenvalue weighted by Crippen LogP contribution is -2.17. The number of nitrogens with one attached hydrogen (secondary N) is 1. The fraction of sp³-hybridized carbons (Fsp3) is 0.182. The summed E-state index contributed by atoms with van der Waals surface area (Å²) in [5.74, 6) is 1.47. The van der Waals surface area contributed by atoms with Crippen molar-refractivity contribution in [3.63, 3.8) is 0 Å². The Bertz CT molecular complexity index is 1190. The van der Waals surface area contributed by atoms with Gasteiger partial charge in [-0.1, -0.05) is 53.7 Å². The molecule has 7 nitrogen and oxygen atoms in total. The van der Waals surface area contributed by atoms with Crippen molar-refractivity contribution < 1.29 is 4.79 Å². The smallest absolute Gasteiger partial charge is 0.235 e. The van der Waals surface area contributed by atoms with Crippen molar-refractivity contribution >= 4 is 35.1 Å². The minimum absolute atomic E-state index is 0.129. The molecule has 0 aliphatic carbocycles. The summed E-state index contributed by atoms with van der Waals surface area (Å²) in [6.45, 7) is 2.48. The van der Waals surface area contributed by atoms with E-state index in [-0.39, 0.29) is 11.7 Å². The second kappa shape index (κ2) is 9.36. The first-order valence-electron chi connectivity index (χ1n) is 9.66. The Kier molecular flexibility index (Phi) is 6.39. The maximum absolute atomic E-state index is 12.5. The molecule has 158 valence electrons. The van der Waals surface area contributed by atoms with E-state index in [0.717, 1.165) is 22.6 Å². The minimum Gasteiger partial charge on any atom is -0.310 e. The van der Waals surface area contributed by atoms with Crippen molar-refractivity contribution in [2.24, 2.45) is 7.05 Å². The average molecular weight is 453 g/mol. The Morgan fingerprint density at radius 1 is 1.10 bits per heavy atom. The van der Waals surface area contributed by atoms with Gasteiger partial charge in [-0.3, -0.25) is 14.0 Å². The maximum Gasteiger partial charge on any atom is 0.235 e. The standard InChI is InChI=1S/C22H21ClN6OS/c1-15-12-19(28(2)27-15)24-20(30)14-31-22-26-25-21(17-8-10-18(23)11-9-17)29(22)13-16-6-4-3-5-7-16/h3-12H,13-14H2,1-2H3,(H,24,30). The van der Waals surface area contributed by atoms with Crippen molar-refractivity contribution in [3.8, 4) is 11.4 Å². The van der Waals surface area contributed by atoms with Crippen LogP contribution in [0.2, 0.25) is 5.02 Å². The van der Waals surface area contributed by atoms with Crippen molar-refractivity contribution in [2.75, 3.05) is 11.1 Å². The van der Waals surface area contributed by atoms with Gasteiger partial charge >= 0.3 is 0 Å². The zero-order valence-electron chi connectivity index (χ0n) is 17.1. The van der Waals surface area contributed by atoms with Gasteiger partial charge in [0.1, 0.15) is 5.82 Å². The molecule has 31 heavy (non-hydrogen) atoms. The summed E-state index contributed by atoms with van der Waals surface area (Å²) in [6, 6.07) is 19.4. The van der Waals surface area contributed by atoms with Crippen LogP contribution in [-0.4, -0.2) is 36.2 Å². The van der Waals surface area contributed by atoms with Gasteiger partial charge < -0.3 is 5.32 Å². The van der Waals surface area contributed by atoms with Gasteiger partial charge in [-0.15, -0.1) is 10.2 Å². The Morgan fingerprint density at radius 3 is 2.52 bits per heavy atom. The summed E-state index contributed by atoms with van der Waals surface area (Å²) in [5, 5.41) is 17.2. The van der Waals surface area contributed by atoms with E-state index in [0.29, 0.717) is 22.5 Å². The first-order chi connectivity index (χ1) is 15.0. The summed E-state index contributed by atoms with van der Waals surface area (Å²) in [7, 11) is 1.80. The lowest BCUT2D eigenvalue weighted by Gasteiger charge is -2.11. The number of carbonyl (C=O) groups is 1. The van der Waals surface area contributed by atoms with Crippen LogP contribution < -0.4 is 5.32 Å². The quantitative estimate of drug-likeness (QED) is 0.420. The van der Waals surface area contributed by atoms with Gasteiger partial charge in [0.2, 0.25) is 5.91 Å². The molecule has 4 rings (SSSR count). The molecular weight excluding hydrogens is 432 g/mol. The van der Waals surface area contributed by atoms with E-state index < -0.39 is 0 Å².